The van der Waals surface area contributed by atoms with Gasteiger partial charge in [0.15, 0.2) is 5.83 Å². The van der Waals surface area contributed by atoms with Crippen LogP contribution in [-0.4, -0.2) is 23.7 Å². The molecule has 0 bridgehead atoms. The second kappa shape index (κ2) is 5.58. The van der Waals surface area contributed by atoms with E-state index in [1.165, 1.54) is 6.92 Å². The molecule has 0 saturated carbocycles. The van der Waals surface area contributed by atoms with Crippen molar-refractivity contribution in [3.8, 4) is 0 Å². The van der Waals surface area contributed by atoms with Gasteiger partial charge in [-0.3, -0.25) is 4.79 Å². The van der Waals surface area contributed by atoms with Crippen molar-refractivity contribution >= 4 is 5.97 Å². The molecule has 0 amide bonds. The van der Waals surface area contributed by atoms with Gasteiger partial charge >= 0.3 is 12.0 Å². The molecule has 0 aliphatic carbocycles. The fourth-order valence-electron chi connectivity index (χ4n) is 0.580. The monoisotopic (exact) mass is 197 g/mol. The van der Waals surface area contributed by atoms with Crippen molar-refractivity contribution in [2.24, 2.45) is 0 Å². The van der Waals surface area contributed by atoms with E-state index < -0.39 is 30.3 Å². The van der Waals surface area contributed by atoms with Gasteiger partial charge in [0.2, 0.25) is 0 Å². The predicted octanol–water partition coefficient (Wildman–Crippen LogP) is 1.52. The average Bonchev–Trinajstić information content (AvgIpc) is 2.03. The quantitative estimate of drug-likeness (QED) is 0.702. The van der Waals surface area contributed by atoms with Crippen LogP contribution < -0.4 is 5.32 Å². The zero-order chi connectivity index (χ0) is 10.4. The second-order valence-electron chi connectivity index (χ2n) is 2.43. The molecule has 0 aromatic carbocycles. The lowest BCUT2D eigenvalue weighted by Gasteiger charge is -2.07. The van der Waals surface area contributed by atoms with E-state index in [9.17, 15) is 18.0 Å². The third kappa shape index (κ3) is 5.24. The van der Waals surface area contributed by atoms with Crippen LogP contribution in [-0.2, 0) is 4.79 Å². The summed E-state index contributed by atoms with van der Waals surface area (Å²) in [5.41, 5.74) is 0. The van der Waals surface area contributed by atoms with Gasteiger partial charge in [0.05, 0.1) is 0 Å². The zero-order valence-corrected chi connectivity index (χ0v) is 6.98. The first-order valence-corrected chi connectivity index (χ1v) is 3.61. The van der Waals surface area contributed by atoms with Gasteiger partial charge in [-0.25, -0.2) is 4.39 Å². The minimum Gasteiger partial charge on any atom is -0.480 e. The summed E-state index contributed by atoms with van der Waals surface area (Å²) in [6.07, 6.45) is -2.86. The van der Waals surface area contributed by atoms with E-state index in [2.05, 4.69) is 5.32 Å². The maximum Gasteiger partial charge on any atom is 0.320 e. The fraction of sp³-hybridized carbons (Fsp3) is 0.571. The summed E-state index contributed by atoms with van der Waals surface area (Å²) >= 11 is 0. The van der Waals surface area contributed by atoms with E-state index in [-0.39, 0.29) is 6.54 Å². The van der Waals surface area contributed by atoms with Crippen molar-refractivity contribution in [2.75, 3.05) is 6.54 Å². The predicted molar refractivity (Wildman–Crippen MR) is 40.1 cm³/mol. The van der Waals surface area contributed by atoms with E-state index >= 15 is 0 Å². The molecule has 0 spiro atoms. The highest BCUT2D eigenvalue weighted by Crippen LogP contribution is 2.11. The minimum absolute atomic E-state index is 0.128. The summed E-state index contributed by atoms with van der Waals surface area (Å²) in [5.74, 6) is -2.62. The molecule has 0 saturated heterocycles. The van der Waals surface area contributed by atoms with Crippen LogP contribution in [0.1, 0.15) is 13.3 Å². The Morgan fingerprint density at radius 2 is 2.00 bits per heavy atom. The molecule has 13 heavy (non-hydrogen) atoms. The third-order valence-corrected chi connectivity index (χ3v) is 1.37. The van der Waals surface area contributed by atoms with E-state index in [0.29, 0.717) is 0 Å². The molecule has 0 fully saturated rings. The van der Waals surface area contributed by atoms with Gasteiger partial charge in [-0.2, -0.15) is 8.78 Å². The van der Waals surface area contributed by atoms with Crippen LogP contribution >= 0.6 is 0 Å². The van der Waals surface area contributed by atoms with Crippen molar-refractivity contribution in [3.63, 3.8) is 0 Å². The molecular weight excluding hydrogens is 187 g/mol. The van der Waals surface area contributed by atoms with Crippen molar-refractivity contribution < 1.29 is 23.1 Å². The summed E-state index contributed by atoms with van der Waals surface area (Å²) in [5, 5.41) is 10.7. The highest BCUT2D eigenvalue weighted by Gasteiger charge is 2.10. The molecule has 0 rings (SSSR count). The molecule has 1 atom stereocenters. The molecule has 1 unspecified atom stereocenters. The molecule has 3 nitrogen and oxygen atoms in total. The van der Waals surface area contributed by atoms with Crippen LogP contribution in [0.25, 0.3) is 0 Å². The number of carboxylic acids is 1. The number of carbonyl (C=O) groups is 1. The fourth-order valence-corrected chi connectivity index (χ4v) is 0.580. The van der Waals surface area contributed by atoms with Crippen LogP contribution in [0.15, 0.2) is 11.9 Å². The highest BCUT2D eigenvalue weighted by molar-refractivity contribution is 5.72. The molecule has 6 heteroatoms. The smallest absolute Gasteiger partial charge is 0.320 e. The highest BCUT2D eigenvalue weighted by atomic mass is 19.3. The molecule has 0 aliphatic rings. The normalized spacial score (nSPS) is 12.3. The lowest BCUT2D eigenvalue weighted by Crippen LogP contribution is -2.34. The first kappa shape index (κ1) is 12.0. The van der Waals surface area contributed by atoms with Gasteiger partial charge in [-0.05, 0) is 6.92 Å². The number of hydrogen-bond acceptors (Lipinski definition) is 2. The maximum atomic E-state index is 12.1. The van der Waals surface area contributed by atoms with Crippen molar-refractivity contribution in [3.05, 3.63) is 11.9 Å². The zero-order valence-electron chi connectivity index (χ0n) is 6.98. The molecule has 0 radical (unpaired) electrons. The van der Waals surface area contributed by atoms with Crippen LogP contribution in [0.3, 0.4) is 0 Å². The van der Waals surface area contributed by atoms with E-state index in [4.69, 9.17) is 5.11 Å². The molecule has 0 aromatic rings. The summed E-state index contributed by atoms with van der Waals surface area (Å²) in [6, 6.07) is -0.865. The van der Waals surface area contributed by atoms with E-state index in [1.807, 2.05) is 0 Å². The summed E-state index contributed by atoms with van der Waals surface area (Å²) in [7, 11) is 0. The lowest BCUT2D eigenvalue weighted by atomic mass is 10.3. The topological polar surface area (TPSA) is 49.3 Å². The standard InChI is InChI=1S/C7H10F3NO2/c1-4(7(12)13)11-3-2-5(8)6(9)10/h4,11H,2-3H2,1H3,(H,12,13). The third-order valence-electron chi connectivity index (χ3n) is 1.37. The van der Waals surface area contributed by atoms with Crippen LogP contribution in [0.4, 0.5) is 13.2 Å². The van der Waals surface area contributed by atoms with Crippen LogP contribution in [0, 0.1) is 0 Å². The van der Waals surface area contributed by atoms with Gasteiger partial charge < -0.3 is 10.4 Å². The number of carboxylic acid groups (broad SMARTS) is 1. The summed E-state index contributed by atoms with van der Waals surface area (Å²) in [6.45, 7) is 1.21. The number of aliphatic carboxylic acids is 1. The Kier molecular flexibility index (Phi) is 5.13. The second-order valence-corrected chi connectivity index (χ2v) is 2.43. The Morgan fingerprint density at radius 3 is 2.38 bits per heavy atom. The first-order chi connectivity index (χ1) is 5.95. The largest absolute Gasteiger partial charge is 0.480 e. The summed E-state index contributed by atoms with van der Waals surface area (Å²) < 4.78 is 35.1. The minimum atomic E-state index is -2.36. The molecule has 0 heterocycles. The van der Waals surface area contributed by atoms with E-state index in [0.717, 1.165) is 0 Å². The van der Waals surface area contributed by atoms with E-state index in [1.54, 1.807) is 0 Å². The Bertz CT molecular complexity index is 214. The molecule has 0 aliphatic heterocycles. The molecule has 2 N–H and O–H groups in total. The number of halogens is 3. The SMILES string of the molecule is CC(NCCC(F)=C(F)F)C(=O)O. The van der Waals surface area contributed by atoms with Gasteiger partial charge in [0, 0.05) is 13.0 Å². The Labute approximate surface area is 73.2 Å². The molecule has 76 valence electrons. The maximum absolute atomic E-state index is 12.1. The average molecular weight is 197 g/mol. The Hall–Kier alpha value is -1.04. The number of nitrogens with one attached hydrogen (secondary N) is 1. The van der Waals surface area contributed by atoms with Crippen molar-refractivity contribution in [1.29, 1.82) is 0 Å². The summed E-state index contributed by atoms with van der Waals surface area (Å²) in [4.78, 5) is 10.2. The molecular formula is C7H10F3NO2. The number of hydrogen-bond donors (Lipinski definition) is 2. The Morgan fingerprint density at radius 1 is 1.46 bits per heavy atom. The lowest BCUT2D eigenvalue weighted by molar-refractivity contribution is -0.138. The Balaban J connectivity index is 3.69. The van der Waals surface area contributed by atoms with Crippen molar-refractivity contribution in [2.45, 2.75) is 19.4 Å². The van der Waals surface area contributed by atoms with Crippen LogP contribution in [0.5, 0.6) is 0 Å². The van der Waals surface area contributed by atoms with Gasteiger partial charge in [0.1, 0.15) is 6.04 Å². The first-order valence-electron chi connectivity index (χ1n) is 3.61. The number of rotatable bonds is 5. The van der Waals surface area contributed by atoms with Gasteiger partial charge in [0.25, 0.3) is 0 Å². The van der Waals surface area contributed by atoms with Gasteiger partial charge in [-0.1, -0.05) is 0 Å². The van der Waals surface area contributed by atoms with Crippen molar-refractivity contribution in [1.82, 2.24) is 5.32 Å². The van der Waals surface area contributed by atoms with Gasteiger partial charge in [-0.15, -0.1) is 0 Å². The van der Waals surface area contributed by atoms with Crippen LogP contribution in [0.2, 0.25) is 0 Å². The molecule has 0 aromatic heterocycles.